The van der Waals surface area contributed by atoms with Crippen LogP contribution in [0.1, 0.15) is 114 Å². The summed E-state index contributed by atoms with van der Waals surface area (Å²) in [5, 5.41) is 0. The number of ether oxygens (including phenoxy) is 2. The van der Waals surface area contributed by atoms with E-state index in [1.807, 2.05) is 0 Å². The van der Waals surface area contributed by atoms with Gasteiger partial charge in [-0.1, -0.05) is 67.0 Å². The molecule has 1 unspecified atom stereocenters. The van der Waals surface area contributed by atoms with Gasteiger partial charge < -0.3 is 9.47 Å². The first-order chi connectivity index (χ1) is 18.6. The number of rotatable bonds is 2. The summed E-state index contributed by atoms with van der Waals surface area (Å²) in [6.07, 6.45) is 14.8. The summed E-state index contributed by atoms with van der Waals surface area (Å²) >= 11 is 0. The molecule has 1 heterocycles. The van der Waals surface area contributed by atoms with Crippen LogP contribution in [0, 0.1) is 56.7 Å². The van der Waals surface area contributed by atoms with Crippen molar-refractivity contribution in [3.05, 3.63) is 35.1 Å². The van der Waals surface area contributed by atoms with E-state index in [-0.39, 0.29) is 28.0 Å². The number of carbonyl (C=O) groups is 2. The lowest BCUT2D eigenvalue weighted by atomic mass is 9.33. The number of allylic oxidation sites excluding steroid dienone is 3. The molecule has 4 nitrogen and oxygen atoms in total. The number of fused-ring (bicyclic) bond motifs is 7. The molecule has 5 aliphatic carbocycles. The maximum absolute atomic E-state index is 13.9. The molecular weight excluding hydrogens is 496 g/mol. The summed E-state index contributed by atoms with van der Waals surface area (Å²) in [5.41, 5.74) is 3.48. The summed E-state index contributed by atoms with van der Waals surface area (Å²) < 4.78 is 11.2. The summed E-state index contributed by atoms with van der Waals surface area (Å²) in [7, 11) is 0. The predicted molar refractivity (Wildman–Crippen MR) is 158 cm³/mol. The third kappa shape index (κ3) is 3.62. The Hall–Kier alpha value is -1.84. The topological polar surface area (TPSA) is 52.6 Å². The first-order valence-electron chi connectivity index (χ1n) is 16.1. The molecule has 1 aliphatic heterocycles. The van der Waals surface area contributed by atoms with Gasteiger partial charge in [-0.15, -0.1) is 0 Å². The number of Topliss-reactive ketones (excluding diaryl/α,β-unsaturated/α-hetero) is 1. The van der Waals surface area contributed by atoms with E-state index in [1.54, 1.807) is 24.8 Å². The van der Waals surface area contributed by atoms with E-state index >= 15 is 0 Å². The van der Waals surface area contributed by atoms with E-state index < -0.39 is 11.7 Å². The van der Waals surface area contributed by atoms with Gasteiger partial charge in [0.05, 0.1) is 6.26 Å². The first kappa shape index (κ1) is 28.3. The van der Waals surface area contributed by atoms with Crippen molar-refractivity contribution in [3.8, 4) is 0 Å². The van der Waals surface area contributed by atoms with Crippen molar-refractivity contribution < 1.29 is 19.1 Å². The standard InChI is InChI=1S/C36H52O4/c1-21-12-14-33(6)16-17-35(8)25(29(33)23(21)3)10-11-27-34(7)19-24(20-39-28-18-22(2)31(38)40-28)30(37)32(4,5)26(34)13-15-36(27,35)9/h10,18,20-21,23,26-29H,11-17,19H2,1-9H3/b24-20+/t21-,23+,26+,27-,28?,29+,33-,34+,35-,36-/m1/s1. The molecular formula is C36H52O4. The van der Waals surface area contributed by atoms with Crippen molar-refractivity contribution in [2.24, 2.45) is 56.7 Å². The average molecular weight is 549 g/mol. The number of esters is 1. The smallest absolute Gasteiger partial charge is 0.336 e. The molecule has 40 heavy (non-hydrogen) atoms. The van der Waals surface area contributed by atoms with Crippen LogP contribution < -0.4 is 0 Å². The molecule has 0 aromatic carbocycles. The molecule has 4 heteroatoms. The Kier molecular flexibility index (Phi) is 6.25. The van der Waals surface area contributed by atoms with E-state index in [1.165, 1.54) is 32.1 Å². The normalized spacial score (nSPS) is 50.6. The molecule has 0 spiro atoms. The summed E-state index contributed by atoms with van der Waals surface area (Å²) in [5.74, 6) is 2.91. The highest BCUT2D eigenvalue weighted by Crippen LogP contribution is 2.75. The molecule has 0 radical (unpaired) electrons. The molecule has 0 N–H and O–H groups in total. The number of hydrogen-bond acceptors (Lipinski definition) is 4. The van der Waals surface area contributed by atoms with Gasteiger partial charge in [0.1, 0.15) is 0 Å². The van der Waals surface area contributed by atoms with E-state index in [2.05, 4.69) is 61.5 Å². The van der Waals surface area contributed by atoms with Crippen molar-refractivity contribution in [1.82, 2.24) is 0 Å². The van der Waals surface area contributed by atoms with Crippen LogP contribution in [0.25, 0.3) is 0 Å². The van der Waals surface area contributed by atoms with Crippen molar-refractivity contribution in [2.45, 2.75) is 120 Å². The summed E-state index contributed by atoms with van der Waals surface area (Å²) in [6, 6.07) is 0. The Morgan fingerprint density at radius 2 is 1.68 bits per heavy atom. The Labute approximate surface area is 242 Å². The lowest BCUT2D eigenvalue weighted by Gasteiger charge is -2.71. The van der Waals surface area contributed by atoms with E-state index in [0.717, 1.165) is 36.7 Å². The summed E-state index contributed by atoms with van der Waals surface area (Å²) in [6.45, 7) is 21.4. The second-order valence-electron chi connectivity index (χ2n) is 16.4. The largest absolute Gasteiger partial charge is 0.458 e. The molecule has 6 aliphatic rings. The van der Waals surface area contributed by atoms with Crippen molar-refractivity contribution in [3.63, 3.8) is 0 Å². The molecule has 10 atom stereocenters. The van der Waals surface area contributed by atoms with Gasteiger partial charge in [-0.2, -0.15) is 0 Å². The number of hydrogen-bond donors (Lipinski definition) is 0. The molecule has 0 bridgehead atoms. The maximum Gasteiger partial charge on any atom is 0.336 e. The van der Waals surface area contributed by atoms with Gasteiger partial charge in [0.2, 0.25) is 0 Å². The van der Waals surface area contributed by atoms with Gasteiger partial charge in [0.15, 0.2) is 5.78 Å². The quantitative estimate of drug-likeness (QED) is 0.150. The Morgan fingerprint density at radius 1 is 0.950 bits per heavy atom. The Morgan fingerprint density at radius 3 is 2.35 bits per heavy atom. The highest BCUT2D eigenvalue weighted by atomic mass is 16.7. The van der Waals surface area contributed by atoms with E-state index in [4.69, 9.17) is 9.47 Å². The minimum Gasteiger partial charge on any atom is -0.458 e. The van der Waals surface area contributed by atoms with E-state index in [9.17, 15) is 9.59 Å². The highest BCUT2D eigenvalue weighted by Gasteiger charge is 2.68. The van der Waals surface area contributed by atoms with Crippen LogP contribution in [0.3, 0.4) is 0 Å². The second-order valence-corrected chi connectivity index (χ2v) is 16.4. The minimum atomic E-state index is -0.742. The molecule has 0 saturated heterocycles. The molecule has 6 rings (SSSR count). The van der Waals surface area contributed by atoms with Crippen LogP contribution in [-0.2, 0) is 19.1 Å². The molecule has 0 aromatic rings. The fraction of sp³-hybridized carbons (Fsp3) is 0.778. The fourth-order valence-electron chi connectivity index (χ4n) is 11.5. The molecule has 4 saturated carbocycles. The number of ketones is 1. The Balaban J connectivity index is 1.38. The Bertz CT molecular complexity index is 1220. The zero-order valence-electron chi connectivity index (χ0n) is 26.5. The average Bonchev–Trinajstić information content (AvgIpc) is 3.21. The van der Waals surface area contributed by atoms with Crippen LogP contribution in [-0.4, -0.2) is 18.0 Å². The molecule has 0 aromatic heterocycles. The van der Waals surface area contributed by atoms with Crippen molar-refractivity contribution in [2.75, 3.05) is 0 Å². The predicted octanol–water partition coefficient (Wildman–Crippen LogP) is 8.57. The fourth-order valence-corrected chi connectivity index (χ4v) is 11.5. The van der Waals surface area contributed by atoms with Gasteiger partial charge in [-0.25, -0.2) is 4.79 Å². The van der Waals surface area contributed by atoms with Crippen molar-refractivity contribution in [1.29, 1.82) is 0 Å². The van der Waals surface area contributed by atoms with Gasteiger partial charge >= 0.3 is 5.97 Å². The lowest BCUT2D eigenvalue weighted by molar-refractivity contribution is -0.178. The third-order valence-corrected chi connectivity index (χ3v) is 14.3. The van der Waals surface area contributed by atoms with Crippen LogP contribution in [0.2, 0.25) is 0 Å². The van der Waals surface area contributed by atoms with E-state index in [0.29, 0.717) is 28.7 Å². The minimum absolute atomic E-state index is 0.00499. The third-order valence-electron chi connectivity index (χ3n) is 14.3. The van der Waals surface area contributed by atoms with Gasteiger partial charge in [-0.3, -0.25) is 4.79 Å². The van der Waals surface area contributed by atoms with Gasteiger partial charge in [0, 0.05) is 22.6 Å². The molecule has 220 valence electrons. The van der Waals surface area contributed by atoms with Gasteiger partial charge in [-0.05, 0) is 110 Å². The van der Waals surface area contributed by atoms with Crippen LogP contribution in [0.15, 0.2) is 35.1 Å². The van der Waals surface area contributed by atoms with Crippen LogP contribution >= 0.6 is 0 Å². The SMILES string of the molecule is CC1=CC(O/C=C2\C[C@]3(C)[C@H]4CC=C5[C@@H]6[C@@H](C)[C@H](C)CC[C@]6(C)CC[C@@]5(C)[C@]4(C)CC[C@H]3C(C)(C)C2=O)OC1=O. The maximum atomic E-state index is 13.9. The van der Waals surface area contributed by atoms with Crippen LogP contribution in [0.5, 0.6) is 0 Å². The first-order valence-corrected chi connectivity index (χ1v) is 16.1. The van der Waals surface area contributed by atoms with Crippen molar-refractivity contribution >= 4 is 11.8 Å². The van der Waals surface area contributed by atoms with Crippen LogP contribution in [0.4, 0.5) is 0 Å². The zero-order chi connectivity index (χ0) is 29.0. The highest BCUT2D eigenvalue weighted by molar-refractivity contribution is 6.00. The number of cyclic esters (lactones) is 1. The van der Waals surface area contributed by atoms with Gasteiger partial charge in [0.25, 0.3) is 6.29 Å². The summed E-state index contributed by atoms with van der Waals surface area (Å²) in [4.78, 5) is 25.7. The second kappa shape index (κ2) is 8.83. The molecule has 0 amide bonds. The monoisotopic (exact) mass is 548 g/mol. The zero-order valence-corrected chi connectivity index (χ0v) is 26.5. The number of carbonyl (C=O) groups excluding carboxylic acids is 2. The molecule has 4 fully saturated rings. The lowest BCUT2D eigenvalue weighted by Crippen LogP contribution is -2.64.